The second kappa shape index (κ2) is 7.01. The van der Waals surface area contributed by atoms with E-state index in [9.17, 15) is 8.42 Å². The van der Waals surface area contributed by atoms with Crippen LogP contribution in [0.1, 0.15) is 32.4 Å². The van der Waals surface area contributed by atoms with Crippen molar-refractivity contribution in [2.75, 3.05) is 4.72 Å². The second-order valence-corrected chi connectivity index (χ2v) is 8.65. The maximum absolute atomic E-state index is 12.9. The van der Waals surface area contributed by atoms with Crippen LogP contribution in [0.2, 0.25) is 0 Å². The fraction of sp³-hybridized carbons (Fsp3) is 0.278. The first-order valence-corrected chi connectivity index (χ1v) is 10.5. The van der Waals surface area contributed by atoms with Gasteiger partial charge >= 0.3 is 0 Å². The van der Waals surface area contributed by atoms with Crippen molar-refractivity contribution in [1.29, 1.82) is 0 Å². The second-order valence-electron chi connectivity index (χ2n) is 6.05. The molecule has 0 unspecified atom stereocenters. The Morgan fingerprint density at radius 3 is 2.48 bits per heavy atom. The highest BCUT2D eigenvalue weighted by molar-refractivity contribution is 7.92. The highest BCUT2D eigenvalue weighted by atomic mass is 32.2. The summed E-state index contributed by atoms with van der Waals surface area (Å²) in [7, 11) is -3.73. The van der Waals surface area contributed by atoms with Gasteiger partial charge < -0.3 is 0 Å². The van der Waals surface area contributed by atoms with Gasteiger partial charge in [0, 0.05) is 17.9 Å². The van der Waals surface area contributed by atoms with Gasteiger partial charge in [-0.05, 0) is 49.4 Å². The van der Waals surface area contributed by atoms with Gasteiger partial charge in [0.15, 0.2) is 0 Å². The normalized spacial score (nSPS) is 11.8. The minimum absolute atomic E-state index is 0.0755. The van der Waals surface area contributed by atoms with E-state index in [0.29, 0.717) is 11.4 Å². The molecule has 0 spiro atoms. The fourth-order valence-electron chi connectivity index (χ4n) is 2.44. The molecule has 7 heteroatoms. The summed E-state index contributed by atoms with van der Waals surface area (Å²) in [4.78, 5) is 1.03. The topological polar surface area (TPSA) is 64.0 Å². The van der Waals surface area contributed by atoms with Crippen molar-refractivity contribution in [1.82, 2.24) is 9.78 Å². The fourth-order valence-corrected chi connectivity index (χ4v) is 4.44. The summed E-state index contributed by atoms with van der Waals surface area (Å²) >= 11 is 1.47. The van der Waals surface area contributed by atoms with Crippen molar-refractivity contribution >= 4 is 27.0 Å². The monoisotopic (exact) mass is 375 g/mol. The first-order chi connectivity index (χ1) is 11.9. The Balaban J connectivity index is 2.00. The summed E-state index contributed by atoms with van der Waals surface area (Å²) in [5.74, 6) is 0. The van der Waals surface area contributed by atoms with Crippen LogP contribution in [-0.2, 0) is 16.4 Å². The van der Waals surface area contributed by atoms with Gasteiger partial charge in [-0.25, -0.2) is 8.42 Å². The van der Waals surface area contributed by atoms with Gasteiger partial charge in [0.25, 0.3) is 10.0 Å². The number of nitrogens with zero attached hydrogens (tertiary/aromatic N) is 2. The van der Waals surface area contributed by atoms with Crippen molar-refractivity contribution in [3.05, 3.63) is 53.5 Å². The Morgan fingerprint density at radius 1 is 1.20 bits per heavy atom. The molecule has 0 amide bonds. The number of aryl methyl sites for hydroxylation is 1. The number of anilines is 1. The van der Waals surface area contributed by atoms with Crippen LogP contribution >= 0.6 is 11.3 Å². The van der Waals surface area contributed by atoms with Crippen LogP contribution in [0.25, 0.3) is 10.6 Å². The first-order valence-electron chi connectivity index (χ1n) is 8.15. The number of sulfonamides is 1. The smallest absolute Gasteiger partial charge is 0.265 e. The van der Waals surface area contributed by atoms with Crippen molar-refractivity contribution in [3.63, 3.8) is 0 Å². The maximum atomic E-state index is 12.9. The molecule has 0 fully saturated rings. The molecule has 1 N–H and O–H groups in total. The molecule has 2 heterocycles. The Morgan fingerprint density at radius 2 is 1.92 bits per heavy atom. The summed E-state index contributed by atoms with van der Waals surface area (Å²) < 4.78 is 30.2. The molecule has 132 valence electrons. The minimum atomic E-state index is -3.73. The predicted molar refractivity (Wildman–Crippen MR) is 103 cm³/mol. The van der Waals surface area contributed by atoms with Crippen LogP contribution < -0.4 is 4.72 Å². The zero-order valence-corrected chi connectivity index (χ0v) is 16.1. The third kappa shape index (κ3) is 3.77. The molecule has 25 heavy (non-hydrogen) atoms. The molecule has 0 saturated heterocycles. The van der Waals surface area contributed by atoms with Crippen molar-refractivity contribution in [2.45, 2.75) is 38.1 Å². The number of thiophene rings is 1. The molecule has 3 aromatic rings. The summed E-state index contributed by atoms with van der Waals surface area (Å²) in [6.07, 6.45) is 2.51. The number of aromatic nitrogens is 2. The molecule has 0 bridgehead atoms. The van der Waals surface area contributed by atoms with E-state index < -0.39 is 10.0 Å². The summed E-state index contributed by atoms with van der Waals surface area (Å²) in [5, 5.41) is 6.41. The van der Waals surface area contributed by atoms with Crippen molar-refractivity contribution < 1.29 is 8.42 Å². The zero-order chi connectivity index (χ0) is 18.0. The van der Waals surface area contributed by atoms with Crippen molar-refractivity contribution in [2.24, 2.45) is 0 Å². The van der Waals surface area contributed by atoms with Crippen LogP contribution in [0.15, 0.2) is 52.9 Å². The number of nitrogens with one attached hydrogen (secondary N) is 1. The molecule has 5 nitrogen and oxygen atoms in total. The first kappa shape index (κ1) is 17.7. The van der Waals surface area contributed by atoms with E-state index in [4.69, 9.17) is 0 Å². The summed E-state index contributed by atoms with van der Waals surface area (Å²) in [6, 6.07) is 11.3. The Hall–Kier alpha value is -2.12. The highest BCUT2D eigenvalue weighted by Gasteiger charge is 2.25. The highest BCUT2D eigenvalue weighted by Crippen LogP contribution is 2.31. The van der Waals surface area contributed by atoms with E-state index >= 15 is 0 Å². The van der Waals surface area contributed by atoms with Crippen LogP contribution in [0.5, 0.6) is 0 Å². The average Bonchev–Trinajstić information content (AvgIpc) is 3.24. The molecule has 2 aromatic heterocycles. The lowest BCUT2D eigenvalue weighted by Crippen LogP contribution is -2.13. The molecule has 1 aromatic carbocycles. The van der Waals surface area contributed by atoms with Gasteiger partial charge in [-0.1, -0.05) is 25.1 Å². The van der Waals surface area contributed by atoms with Crippen LogP contribution in [0.3, 0.4) is 0 Å². The maximum Gasteiger partial charge on any atom is 0.265 e. The lowest BCUT2D eigenvalue weighted by atomic mass is 10.2. The Kier molecular flexibility index (Phi) is 4.96. The average molecular weight is 376 g/mol. The van der Waals surface area contributed by atoms with E-state index in [2.05, 4.69) is 16.7 Å². The molecular formula is C18H21N3O2S2. The molecule has 0 aliphatic carbocycles. The molecule has 0 radical (unpaired) electrons. The SMILES string of the molecule is CCc1ccc(NS(=O)(=O)c2cn(C(C)C)nc2-c2cccs2)cc1. The van der Waals surface area contributed by atoms with Gasteiger partial charge in [-0.3, -0.25) is 9.40 Å². The number of benzene rings is 1. The molecular weight excluding hydrogens is 354 g/mol. The van der Waals surface area contributed by atoms with Gasteiger partial charge in [0.05, 0.1) is 4.88 Å². The van der Waals surface area contributed by atoms with E-state index in [1.165, 1.54) is 11.3 Å². The summed E-state index contributed by atoms with van der Waals surface area (Å²) in [5.41, 5.74) is 2.20. The quantitative estimate of drug-likeness (QED) is 0.687. The van der Waals surface area contributed by atoms with Crippen LogP contribution in [0, 0.1) is 0 Å². The van der Waals surface area contributed by atoms with E-state index in [1.54, 1.807) is 23.0 Å². The summed E-state index contributed by atoms with van der Waals surface area (Å²) in [6.45, 7) is 6.00. The Labute approximate surface area is 152 Å². The van der Waals surface area contributed by atoms with E-state index in [1.807, 2.05) is 43.5 Å². The van der Waals surface area contributed by atoms with Gasteiger partial charge in [-0.15, -0.1) is 11.3 Å². The number of hydrogen-bond acceptors (Lipinski definition) is 4. The largest absolute Gasteiger partial charge is 0.280 e. The molecule has 3 rings (SSSR count). The lowest BCUT2D eigenvalue weighted by Gasteiger charge is -2.08. The van der Waals surface area contributed by atoms with Gasteiger partial charge in [0.1, 0.15) is 10.6 Å². The Bertz CT molecular complexity index is 941. The molecule has 0 atom stereocenters. The number of rotatable bonds is 6. The molecule has 0 saturated carbocycles. The molecule has 0 aliphatic heterocycles. The third-order valence-electron chi connectivity index (χ3n) is 3.89. The van der Waals surface area contributed by atoms with E-state index in [0.717, 1.165) is 16.9 Å². The third-order valence-corrected chi connectivity index (χ3v) is 6.14. The van der Waals surface area contributed by atoms with Crippen molar-refractivity contribution in [3.8, 4) is 10.6 Å². The van der Waals surface area contributed by atoms with Gasteiger partial charge in [-0.2, -0.15) is 5.10 Å². The van der Waals surface area contributed by atoms with Crippen LogP contribution in [-0.4, -0.2) is 18.2 Å². The standard InChI is InChI=1S/C18H21N3O2S2/c1-4-14-7-9-15(10-8-14)20-25(22,23)17-12-21(13(2)3)19-18(17)16-6-5-11-24-16/h5-13,20H,4H2,1-3H3. The lowest BCUT2D eigenvalue weighted by molar-refractivity contribution is 0.532. The predicted octanol–water partition coefficient (Wildman–Crippen LogP) is 4.56. The van der Waals surface area contributed by atoms with Gasteiger partial charge in [0.2, 0.25) is 0 Å². The van der Waals surface area contributed by atoms with Crippen LogP contribution in [0.4, 0.5) is 5.69 Å². The number of hydrogen-bond donors (Lipinski definition) is 1. The minimum Gasteiger partial charge on any atom is -0.280 e. The van der Waals surface area contributed by atoms with E-state index in [-0.39, 0.29) is 10.9 Å². The molecule has 0 aliphatic rings. The zero-order valence-electron chi connectivity index (χ0n) is 14.4.